The van der Waals surface area contributed by atoms with Gasteiger partial charge in [0.2, 0.25) is 0 Å². The van der Waals surface area contributed by atoms with Gasteiger partial charge in [-0.05, 0) is 45.4 Å². The summed E-state index contributed by atoms with van der Waals surface area (Å²) in [6.07, 6.45) is 0. The van der Waals surface area contributed by atoms with Crippen LogP contribution in [0, 0.1) is 0 Å². The van der Waals surface area contributed by atoms with Gasteiger partial charge in [-0.25, -0.2) is 0 Å². The Morgan fingerprint density at radius 2 is 1.65 bits per heavy atom. The van der Waals surface area contributed by atoms with Gasteiger partial charge in [-0.2, -0.15) is 0 Å². The Hall–Kier alpha value is -1.22. The Kier molecular flexibility index (Phi) is 4.40. The van der Waals surface area contributed by atoms with Crippen LogP contribution in [0.25, 0.3) is 0 Å². The number of ether oxygens (including phenoxy) is 2. The monoisotopic (exact) mass is 237 g/mol. The van der Waals surface area contributed by atoms with E-state index >= 15 is 0 Å². The smallest absolute Gasteiger partial charge is 0.161 e. The second kappa shape index (κ2) is 5.41. The standard InChI is InChI=1S/C14H23NO2/c1-10(15-14(2,3)4)11-7-8-12(16-5)13(9-11)17-6/h7-10,15H,1-6H3. The number of hydrogen-bond acceptors (Lipinski definition) is 3. The summed E-state index contributed by atoms with van der Waals surface area (Å²) in [5, 5.41) is 3.53. The summed E-state index contributed by atoms with van der Waals surface area (Å²) in [6.45, 7) is 8.62. The lowest BCUT2D eigenvalue weighted by Crippen LogP contribution is -2.37. The van der Waals surface area contributed by atoms with Crippen molar-refractivity contribution in [2.75, 3.05) is 14.2 Å². The largest absolute Gasteiger partial charge is 0.493 e. The Bertz CT molecular complexity index is 369. The van der Waals surface area contributed by atoms with Gasteiger partial charge in [-0.3, -0.25) is 0 Å². The third kappa shape index (κ3) is 3.93. The van der Waals surface area contributed by atoms with Gasteiger partial charge < -0.3 is 14.8 Å². The molecule has 0 aromatic heterocycles. The highest BCUT2D eigenvalue weighted by molar-refractivity contribution is 5.43. The molecule has 0 fully saturated rings. The van der Waals surface area contributed by atoms with E-state index in [0.717, 1.165) is 11.5 Å². The topological polar surface area (TPSA) is 30.5 Å². The molecule has 0 bridgehead atoms. The van der Waals surface area contributed by atoms with Gasteiger partial charge in [0.05, 0.1) is 14.2 Å². The molecule has 17 heavy (non-hydrogen) atoms. The van der Waals surface area contributed by atoms with Crippen molar-refractivity contribution in [2.45, 2.75) is 39.3 Å². The van der Waals surface area contributed by atoms with Gasteiger partial charge in [-0.1, -0.05) is 6.07 Å². The second-order valence-corrected chi connectivity index (χ2v) is 5.23. The molecule has 96 valence electrons. The Morgan fingerprint density at radius 3 is 2.12 bits per heavy atom. The molecule has 1 atom stereocenters. The third-order valence-corrected chi connectivity index (χ3v) is 2.56. The molecule has 3 nitrogen and oxygen atoms in total. The highest BCUT2D eigenvalue weighted by atomic mass is 16.5. The van der Waals surface area contributed by atoms with E-state index in [0.29, 0.717) is 0 Å². The summed E-state index contributed by atoms with van der Waals surface area (Å²) >= 11 is 0. The Balaban J connectivity index is 2.92. The maximum atomic E-state index is 5.30. The van der Waals surface area contributed by atoms with Gasteiger partial charge in [0, 0.05) is 11.6 Å². The highest BCUT2D eigenvalue weighted by Gasteiger charge is 2.16. The van der Waals surface area contributed by atoms with Crippen LogP contribution in [0.1, 0.15) is 39.3 Å². The number of rotatable bonds is 4. The molecule has 0 aliphatic rings. The highest BCUT2D eigenvalue weighted by Crippen LogP contribution is 2.30. The van der Waals surface area contributed by atoms with Crippen LogP contribution >= 0.6 is 0 Å². The van der Waals surface area contributed by atoms with Crippen molar-refractivity contribution in [1.29, 1.82) is 0 Å². The van der Waals surface area contributed by atoms with Crippen molar-refractivity contribution in [1.82, 2.24) is 5.32 Å². The summed E-state index contributed by atoms with van der Waals surface area (Å²) < 4.78 is 10.5. The first-order valence-electron chi connectivity index (χ1n) is 5.87. The van der Waals surface area contributed by atoms with Crippen molar-refractivity contribution in [3.63, 3.8) is 0 Å². The summed E-state index contributed by atoms with van der Waals surface area (Å²) in [5.41, 5.74) is 1.28. The van der Waals surface area contributed by atoms with Crippen molar-refractivity contribution in [3.05, 3.63) is 23.8 Å². The van der Waals surface area contributed by atoms with Crippen LogP contribution in [-0.2, 0) is 0 Å². The average Bonchev–Trinajstić information content (AvgIpc) is 2.25. The number of benzene rings is 1. The molecular formula is C14H23NO2. The van der Waals surface area contributed by atoms with Crippen LogP contribution in [0.3, 0.4) is 0 Å². The normalized spacial score (nSPS) is 13.3. The first-order chi connectivity index (χ1) is 7.87. The molecule has 1 unspecified atom stereocenters. The fourth-order valence-corrected chi connectivity index (χ4v) is 1.86. The van der Waals surface area contributed by atoms with Crippen LogP contribution in [0.15, 0.2) is 18.2 Å². The molecule has 1 rings (SSSR count). The molecule has 3 heteroatoms. The maximum absolute atomic E-state index is 5.30. The zero-order valence-electron chi connectivity index (χ0n) is 11.6. The summed E-state index contributed by atoms with van der Waals surface area (Å²) in [4.78, 5) is 0. The van der Waals surface area contributed by atoms with E-state index in [9.17, 15) is 0 Å². The average molecular weight is 237 g/mol. The zero-order valence-corrected chi connectivity index (χ0v) is 11.6. The fraction of sp³-hybridized carbons (Fsp3) is 0.571. The van der Waals surface area contributed by atoms with Crippen LogP contribution in [0.4, 0.5) is 0 Å². The van der Waals surface area contributed by atoms with E-state index < -0.39 is 0 Å². The molecule has 0 saturated heterocycles. The van der Waals surface area contributed by atoms with Crippen molar-refractivity contribution >= 4 is 0 Å². The van der Waals surface area contributed by atoms with Crippen molar-refractivity contribution in [2.24, 2.45) is 0 Å². The SMILES string of the molecule is COc1ccc(C(C)NC(C)(C)C)cc1OC. The molecule has 0 radical (unpaired) electrons. The summed E-state index contributed by atoms with van der Waals surface area (Å²) in [6, 6.07) is 6.29. The molecule has 0 amide bonds. The molecule has 1 N–H and O–H groups in total. The van der Waals surface area contributed by atoms with E-state index in [4.69, 9.17) is 9.47 Å². The third-order valence-electron chi connectivity index (χ3n) is 2.56. The maximum Gasteiger partial charge on any atom is 0.161 e. The Morgan fingerprint density at radius 1 is 1.06 bits per heavy atom. The van der Waals surface area contributed by atoms with Crippen LogP contribution in [0.2, 0.25) is 0 Å². The lowest BCUT2D eigenvalue weighted by atomic mass is 10.0. The van der Waals surface area contributed by atoms with E-state index in [2.05, 4.69) is 39.1 Å². The number of methoxy groups -OCH3 is 2. The van der Waals surface area contributed by atoms with Crippen LogP contribution < -0.4 is 14.8 Å². The fourth-order valence-electron chi connectivity index (χ4n) is 1.86. The van der Waals surface area contributed by atoms with Crippen LogP contribution in [-0.4, -0.2) is 19.8 Å². The van der Waals surface area contributed by atoms with E-state index in [1.807, 2.05) is 12.1 Å². The quantitative estimate of drug-likeness (QED) is 0.872. The van der Waals surface area contributed by atoms with Gasteiger partial charge in [-0.15, -0.1) is 0 Å². The minimum atomic E-state index is 0.0899. The van der Waals surface area contributed by atoms with Gasteiger partial charge >= 0.3 is 0 Å². The minimum Gasteiger partial charge on any atom is -0.493 e. The molecule has 1 aromatic carbocycles. The molecule has 1 aromatic rings. The molecule has 0 heterocycles. The molecular weight excluding hydrogens is 214 g/mol. The summed E-state index contributed by atoms with van der Waals surface area (Å²) in [7, 11) is 3.30. The molecule has 0 saturated carbocycles. The second-order valence-electron chi connectivity index (χ2n) is 5.23. The first kappa shape index (κ1) is 13.8. The van der Waals surface area contributed by atoms with Crippen molar-refractivity contribution < 1.29 is 9.47 Å². The van der Waals surface area contributed by atoms with Gasteiger partial charge in [0.25, 0.3) is 0 Å². The number of hydrogen-bond donors (Lipinski definition) is 1. The van der Waals surface area contributed by atoms with Gasteiger partial charge in [0.15, 0.2) is 11.5 Å². The lowest BCUT2D eigenvalue weighted by molar-refractivity contribution is 0.351. The Labute approximate surface area is 104 Å². The number of nitrogens with one attached hydrogen (secondary N) is 1. The zero-order chi connectivity index (χ0) is 13.1. The molecule has 0 aliphatic heterocycles. The summed E-state index contributed by atoms with van der Waals surface area (Å²) in [5.74, 6) is 1.53. The van der Waals surface area contributed by atoms with Crippen LogP contribution in [0.5, 0.6) is 11.5 Å². The predicted molar refractivity (Wildman–Crippen MR) is 70.8 cm³/mol. The molecule has 0 aliphatic carbocycles. The van der Waals surface area contributed by atoms with Crippen molar-refractivity contribution in [3.8, 4) is 11.5 Å². The van der Waals surface area contributed by atoms with E-state index in [1.165, 1.54) is 5.56 Å². The van der Waals surface area contributed by atoms with Gasteiger partial charge in [0.1, 0.15) is 0 Å². The van der Waals surface area contributed by atoms with E-state index in [1.54, 1.807) is 14.2 Å². The minimum absolute atomic E-state index is 0.0899. The molecule has 0 spiro atoms. The van der Waals surface area contributed by atoms with E-state index in [-0.39, 0.29) is 11.6 Å². The first-order valence-corrected chi connectivity index (χ1v) is 5.87. The predicted octanol–water partition coefficient (Wildman–Crippen LogP) is 3.15. The lowest BCUT2D eigenvalue weighted by Gasteiger charge is -2.26.